The van der Waals surface area contributed by atoms with Gasteiger partial charge in [0.25, 0.3) is 0 Å². The summed E-state index contributed by atoms with van der Waals surface area (Å²) in [6.07, 6.45) is 7.85. The van der Waals surface area contributed by atoms with Crippen LogP contribution in [0.15, 0.2) is 30.3 Å². The Balaban J connectivity index is 2.13. The zero-order valence-corrected chi connectivity index (χ0v) is 17.7. The normalized spacial score (nSPS) is 26.0. The Bertz CT molecular complexity index is 558. The lowest BCUT2D eigenvalue weighted by Crippen LogP contribution is -2.34. The third kappa shape index (κ3) is 6.22. The van der Waals surface area contributed by atoms with Crippen molar-refractivity contribution in [2.24, 2.45) is 17.8 Å². The molecule has 0 amide bonds. The monoisotopic (exact) mass is 380 g/mol. The summed E-state index contributed by atoms with van der Waals surface area (Å²) in [6.45, 7) is 7.05. The summed E-state index contributed by atoms with van der Waals surface area (Å²) < 4.78 is 20.4. The molecular weight excluding hydrogens is 343 g/mol. The van der Waals surface area contributed by atoms with Crippen molar-refractivity contribution in [2.75, 3.05) is 12.8 Å². The molecule has 0 saturated heterocycles. The number of hydrogen-bond acceptors (Lipinski definition) is 3. The average Bonchev–Trinajstić information content (AvgIpc) is 2.62. The van der Waals surface area contributed by atoms with Crippen LogP contribution in [0.4, 0.5) is 0 Å². The molecule has 0 bridgehead atoms. The Hall–Kier alpha value is -0.630. The minimum absolute atomic E-state index is 0.0993. The van der Waals surface area contributed by atoms with Crippen LogP contribution in [0, 0.1) is 17.8 Å². The largest absolute Gasteiger partial charge is 0.396 e. The van der Waals surface area contributed by atoms with Crippen molar-refractivity contribution in [1.82, 2.24) is 0 Å². The lowest BCUT2D eigenvalue weighted by atomic mass is 9.75. The molecule has 1 saturated carbocycles. The average molecular weight is 381 g/mol. The van der Waals surface area contributed by atoms with Gasteiger partial charge in [-0.15, -0.1) is 0 Å². The van der Waals surface area contributed by atoms with Crippen LogP contribution in [0.1, 0.15) is 65.7 Å². The molecule has 1 fully saturated rings. The summed E-state index contributed by atoms with van der Waals surface area (Å²) in [6, 6.07) is 9.81. The van der Waals surface area contributed by atoms with Gasteiger partial charge in [-0.1, -0.05) is 58.2 Å². The van der Waals surface area contributed by atoms with Crippen LogP contribution >= 0.6 is 7.37 Å². The van der Waals surface area contributed by atoms with Crippen LogP contribution in [0.5, 0.6) is 0 Å². The van der Waals surface area contributed by atoms with Crippen LogP contribution in [-0.2, 0) is 9.09 Å². The zero-order valence-electron chi connectivity index (χ0n) is 16.8. The molecule has 148 valence electrons. The highest BCUT2D eigenvalue weighted by molar-refractivity contribution is 7.67. The van der Waals surface area contributed by atoms with Gasteiger partial charge in [0.1, 0.15) is 0 Å². The molecule has 0 spiro atoms. The molecule has 1 aliphatic rings. The minimum atomic E-state index is -2.85. The molecule has 0 aliphatic heterocycles. The summed E-state index contributed by atoms with van der Waals surface area (Å²) in [4.78, 5) is 0. The topological polar surface area (TPSA) is 46.5 Å². The standard InChI is InChI=1S/C22H37O3P/c1-18(2)21-14-13-19(3)17-22(21)25-26(24,16-10-5-4-9-15-23)20-11-7-6-8-12-20/h6-8,11-12,18-19,21-23H,4-5,9-10,13-17H2,1-3H3. The third-order valence-corrected chi connectivity index (χ3v) is 8.38. The molecule has 4 heteroatoms. The molecule has 1 aromatic rings. The van der Waals surface area contributed by atoms with Gasteiger partial charge >= 0.3 is 0 Å². The maximum absolute atomic E-state index is 13.9. The van der Waals surface area contributed by atoms with Gasteiger partial charge in [-0.2, -0.15) is 0 Å². The lowest BCUT2D eigenvalue weighted by molar-refractivity contribution is 0.0498. The number of aliphatic hydroxyl groups excluding tert-OH is 1. The number of rotatable bonds is 10. The van der Waals surface area contributed by atoms with Gasteiger partial charge in [0.05, 0.1) is 6.10 Å². The van der Waals surface area contributed by atoms with E-state index < -0.39 is 7.37 Å². The van der Waals surface area contributed by atoms with Gasteiger partial charge in [-0.3, -0.25) is 4.57 Å². The van der Waals surface area contributed by atoms with Crippen LogP contribution in [0.25, 0.3) is 0 Å². The van der Waals surface area contributed by atoms with Crippen LogP contribution in [-0.4, -0.2) is 24.0 Å². The maximum Gasteiger partial charge on any atom is 0.232 e. The van der Waals surface area contributed by atoms with Gasteiger partial charge in [-0.25, -0.2) is 0 Å². The van der Waals surface area contributed by atoms with Crippen molar-refractivity contribution in [3.8, 4) is 0 Å². The van der Waals surface area contributed by atoms with E-state index in [0.29, 0.717) is 23.9 Å². The van der Waals surface area contributed by atoms with Crippen molar-refractivity contribution < 1.29 is 14.2 Å². The number of hydrogen-bond donors (Lipinski definition) is 1. The maximum atomic E-state index is 13.9. The van der Waals surface area contributed by atoms with E-state index in [9.17, 15) is 4.57 Å². The SMILES string of the molecule is CC1CCC(C(C)C)C(OP(=O)(CCCCCCO)c2ccccc2)C1. The number of benzene rings is 1. The molecule has 0 heterocycles. The Kier molecular flexibility index (Phi) is 8.87. The van der Waals surface area contributed by atoms with Gasteiger partial charge < -0.3 is 9.63 Å². The molecule has 4 atom stereocenters. The van der Waals surface area contributed by atoms with Crippen molar-refractivity contribution >= 4 is 12.7 Å². The van der Waals surface area contributed by atoms with E-state index in [1.807, 2.05) is 30.3 Å². The second kappa shape index (κ2) is 10.6. The first kappa shape index (κ1) is 21.7. The van der Waals surface area contributed by atoms with Crippen molar-refractivity contribution in [3.63, 3.8) is 0 Å². The van der Waals surface area contributed by atoms with Crippen LogP contribution in [0.3, 0.4) is 0 Å². The van der Waals surface area contributed by atoms with E-state index in [1.54, 1.807) is 0 Å². The minimum Gasteiger partial charge on any atom is -0.396 e. The first-order valence-electron chi connectivity index (χ1n) is 10.4. The zero-order chi connectivity index (χ0) is 19.0. The summed E-state index contributed by atoms with van der Waals surface area (Å²) in [5.74, 6) is 1.70. The smallest absolute Gasteiger partial charge is 0.232 e. The first-order chi connectivity index (χ1) is 12.5. The fraction of sp³-hybridized carbons (Fsp3) is 0.727. The number of unbranched alkanes of at least 4 members (excludes halogenated alkanes) is 3. The Morgan fingerprint density at radius 1 is 1.12 bits per heavy atom. The highest BCUT2D eigenvalue weighted by atomic mass is 31.2. The second-order valence-electron chi connectivity index (χ2n) is 8.34. The van der Waals surface area contributed by atoms with Gasteiger partial charge in [-0.05, 0) is 55.6 Å². The number of aliphatic hydroxyl groups is 1. The predicted octanol–water partition coefficient (Wildman–Crippen LogP) is 5.62. The van der Waals surface area contributed by atoms with Crippen molar-refractivity contribution in [3.05, 3.63) is 30.3 Å². The van der Waals surface area contributed by atoms with E-state index in [4.69, 9.17) is 9.63 Å². The summed E-state index contributed by atoms with van der Waals surface area (Å²) in [7, 11) is -2.85. The summed E-state index contributed by atoms with van der Waals surface area (Å²) in [5, 5.41) is 9.81. The highest BCUT2D eigenvalue weighted by Crippen LogP contribution is 2.51. The Morgan fingerprint density at radius 2 is 1.81 bits per heavy atom. The van der Waals surface area contributed by atoms with Gasteiger partial charge in [0.15, 0.2) is 0 Å². The molecule has 1 N–H and O–H groups in total. The molecule has 0 radical (unpaired) electrons. The lowest BCUT2D eigenvalue weighted by Gasteiger charge is -2.39. The molecule has 0 aromatic heterocycles. The summed E-state index contributed by atoms with van der Waals surface area (Å²) >= 11 is 0. The molecule has 4 unspecified atom stereocenters. The van der Waals surface area contributed by atoms with Gasteiger partial charge in [0.2, 0.25) is 7.37 Å². The van der Waals surface area contributed by atoms with Crippen LogP contribution < -0.4 is 5.30 Å². The van der Waals surface area contributed by atoms with Gasteiger partial charge in [0, 0.05) is 18.1 Å². The summed E-state index contributed by atoms with van der Waals surface area (Å²) in [5.41, 5.74) is 0. The Morgan fingerprint density at radius 3 is 2.46 bits per heavy atom. The van der Waals surface area contributed by atoms with E-state index in [2.05, 4.69) is 20.8 Å². The van der Waals surface area contributed by atoms with E-state index >= 15 is 0 Å². The van der Waals surface area contributed by atoms with Crippen LogP contribution in [0.2, 0.25) is 0 Å². The third-order valence-electron chi connectivity index (χ3n) is 5.78. The first-order valence-corrected chi connectivity index (χ1v) is 12.2. The van der Waals surface area contributed by atoms with E-state index in [0.717, 1.165) is 37.4 Å². The quantitative estimate of drug-likeness (QED) is 0.423. The molecule has 2 rings (SSSR count). The molecule has 26 heavy (non-hydrogen) atoms. The van der Waals surface area contributed by atoms with E-state index in [1.165, 1.54) is 12.8 Å². The predicted molar refractivity (Wildman–Crippen MR) is 110 cm³/mol. The molecule has 1 aliphatic carbocycles. The molecule has 3 nitrogen and oxygen atoms in total. The fourth-order valence-corrected chi connectivity index (χ4v) is 6.57. The van der Waals surface area contributed by atoms with Crippen molar-refractivity contribution in [2.45, 2.75) is 71.8 Å². The molecule has 1 aromatic carbocycles. The molecular formula is C22H37O3P. The highest BCUT2D eigenvalue weighted by Gasteiger charge is 2.37. The Labute approximate surface area is 160 Å². The van der Waals surface area contributed by atoms with Crippen molar-refractivity contribution in [1.29, 1.82) is 0 Å². The fourth-order valence-electron chi connectivity index (χ4n) is 4.14. The second-order valence-corrected chi connectivity index (χ2v) is 10.9. The van der Waals surface area contributed by atoms with E-state index in [-0.39, 0.29) is 12.7 Å².